The summed E-state index contributed by atoms with van der Waals surface area (Å²) in [6.07, 6.45) is 9.21. The van der Waals surface area contributed by atoms with Crippen molar-refractivity contribution in [3.63, 3.8) is 0 Å². The molecule has 8 nitrogen and oxygen atoms in total. The molecule has 4 saturated carbocycles. The lowest BCUT2D eigenvalue weighted by molar-refractivity contribution is -0.272. The lowest BCUT2D eigenvalue weighted by Gasteiger charge is -2.63. The molecule has 0 aromatic carbocycles. The quantitative estimate of drug-likeness (QED) is 0.315. The van der Waals surface area contributed by atoms with Crippen molar-refractivity contribution >= 4 is 12.3 Å². The molecule has 0 spiro atoms. The number of aliphatic hydroxyl groups excluding tert-OH is 1. The van der Waals surface area contributed by atoms with Crippen LogP contribution in [0.1, 0.15) is 78.1 Å². The van der Waals surface area contributed by atoms with Crippen molar-refractivity contribution in [2.24, 2.45) is 34.5 Å². The van der Waals surface area contributed by atoms with Crippen LogP contribution in [0.15, 0.2) is 11.6 Å². The van der Waals surface area contributed by atoms with Crippen LogP contribution >= 0.6 is 0 Å². The summed E-state index contributed by atoms with van der Waals surface area (Å²) in [5.74, 6) is 0.384. The first-order valence-corrected chi connectivity index (χ1v) is 14.7. The molecule has 5 fully saturated rings. The van der Waals surface area contributed by atoms with Crippen LogP contribution in [0.4, 0.5) is 0 Å². The molecule has 0 amide bonds. The predicted octanol–water partition coefficient (Wildman–Crippen LogP) is 3.32. The van der Waals surface area contributed by atoms with Crippen LogP contribution in [-0.2, 0) is 28.5 Å². The number of esters is 1. The molecule has 0 radical (unpaired) electrons. The Morgan fingerprint density at radius 3 is 2.61 bits per heavy atom. The highest BCUT2D eigenvalue weighted by Gasteiger charge is 2.68. The molecule has 0 aromatic heterocycles. The van der Waals surface area contributed by atoms with E-state index in [9.17, 15) is 19.8 Å². The highest BCUT2D eigenvalue weighted by atomic mass is 16.7. The topological polar surface area (TPSA) is 112 Å². The number of carbonyl (C=O) groups excluding carboxylic acids is 2. The van der Waals surface area contributed by atoms with Crippen molar-refractivity contribution < 1.29 is 38.7 Å². The maximum Gasteiger partial charge on any atom is 0.331 e. The number of carbonyl (C=O) groups is 2. The van der Waals surface area contributed by atoms with Crippen LogP contribution in [0, 0.1) is 34.5 Å². The minimum Gasteiger partial charge on any atom is -0.458 e. The number of hydrogen-bond donors (Lipinski definition) is 2. The Morgan fingerprint density at radius 1 is 1.08 bits per heavy atom. The largest absolute Gasteiger partial charge is 0.458 e. The van der Waals surface area contributed by atoms with Crippen molar-refractivity contribution in [1.29, 1.82) is 0 Å². The van der Waals surface area contributed by atoms with Crippen LogP contribution in [0.2, 0.25) is 0 Å². The van der Waals surface area contributed by atoms with E-state index in [-0.39, 0.29) is 53.4 Å². The fraction of sp³-hybridized carbons (Fsp3) is 0.867. The number of fused-ring (bicyclic) bond motifs is 5. The van der Waals surface area contributed by atoms with Crippen LogP contribution in [0.3, 0.4) is 0 Å². The van der Waals surface area contributed by atoms with E-state index in [1.165, 1.54) is 6.29 Å². The number of aliphatic hydroxyl groups is 2. The standard InChI is InChI=1S/C30H44O8/c1-17-27(33)24(35-3)14-26(37-17)38-20-6-10-29(16-31)19(13-20)4-5-23-22(29)7-9-28(2)21(8-11-30(23,28)34)18-12-25(32)36-15-18/h12,16-17,19-24,26-27,33-34H,4-11,13-15H2,1-3H3. The maximum absolute atomic E-state index is 13.0. The van der Waals surface area contributed by atoms with Crippen molar-refractivity contribution in [2.75, 3.05) is 13.7 Å². The zero-order valence-electron chi connectivity index (χ0n) is 23.0. The number of methoxy groups -OCH3 is 1. The van der Waals surface area contributed by atoms with Gasteiger partial charge in [0.05, 0.1) is 23.9 Å². The first-order chi connectivity index (χ1) is 18.1. The third kappa shape index (κ3) is 3.88. The van der Waals surface area contributed by atoms with Gasteiger partial charge >= 0.3 is 5.97 Å². The molecule has 8 heteroatoms. The van der Waals surface area contributed by atoms with E-state index in [2.05, 4.69) is 6.92 Å². The average Bonchev–Trinajstić information content (AvgIpc) is 3.45. The molecule has 4 aliphatic carbocycles. The molecule has 2 aliphatic heterocycles. The Kier molecular flexibility index (Phi) is 6.83. The molecule has 0 aromatic rings. The smallest absolute Gasteiger partial charge is 0.331 e. The van der Waals surface area contributed by atoms with Crippen molar-refractivity contribution in [3.8, 4) is 0 Å². The second-order valence-electron chi connectivity index (χ2n) is 13.3. The summed E-state index contributed by atoms with van der Waals surface area (Å²) in [6.45, 7) is 4.40. The Morgan fingerprint density at radius 2 is 1.89 bits per heavy atom. The van der Waals surface area contributed by atoms with Gasteiger partial charge in [-0.05, 0) is 94.0 Å². The second kappa shape index (κ2) is 9.65. The van der Waals surface area contributed by atoms with Gasteiger partial charge in [0.25, 0.3) is 0 Å². The van der Waals surface area contributed by atoms with Gasteiger partial charge < -0.3 is 34.0 Å². The number of rotatable bonds is 5. The molecule has 12 atom stereocenters. The second-order valence-corrected chi connectivity index (χ2v) is 13.3. The summed E-state index contributed by atoms with van der Waals surface area (Å²) >= 11 is 0. The molecule has 212 valence electrons. The minimum atomic E-state index is -0.830. The molecular formula is C30H44O8. The predicted molar refractivity (Wildman–Crippen MR) is 137 cm³/mol. The fourth-order valence-electron chi connectivity index (χ4n) is 9.96. The molecular weight excluding hydrogens is 488 g/mol. The van der Waals surface area contributed by atoms with Crippen molar-refractivity contribution in [3.05, 3.63) is 11.6 Å². The fourth-order valence-corrected chi connectivity index (χ4v) is 9.96. The first kappa shape index (κ1) is 26.9. The number of cyclic esters (lactones) is 1. The van der Waals surface area contributed by atoms with E-state index in [0.29, 0.717) is 13.0 Å². The van der Waals surface area contributed by atoms with E-state index in [0.717, 1.165) is 63.4 Å². The summed E-state index contributed by atoms with van der Waals surface area (Å²) in [4.78, 5) is 24.8. The van der Waals surface area contributed by atoms with Gasteiger partial charge in [-0.3, -0.25) is 0 Å². The number of ether oxygens (including phenoxy) is 4. The number of hydrogen-bond acceptors (Lipinski definition) is 8. The third-order valence-corrected chi connectivity index (χ3v) is 12.0. The maximum atomic E-state index is 13.0. The summed E-state index contributed by atoms with van der Waals surface area (Å²) in [7, 11) is 1.61. The van der Waals surface area contributed by atoms with Crippen LogP contribution in [0.25, 0.3) is 0 Å². The highest BCUT2D eigenvalue weighted by Crippen LogP contribution is 2.69. The first-order valence-electron chi connectivity index (χ1n) is 14.7. The Bertz CT molecular complexity index is 981. The van der Waals surface area contributed by atoms with Crippen LogP contribution < -0.4 is 0 Å². The van der Waals surface area contributed by atoms with E-state index < -0.39 is 23.4 Å². The van der Waals surface area contributed by atoms with E-state index in [4.69, 9.17) is 18.9 Å². The van der Waals surface area contributed by atoms with Gasteiger partial charge in [0.15, 0.2) is 6.29 Å². The monoisotopic (exact) mass is 532 g/mol. The van der Waals surface area contributed by atoms with Gasteiger partial charge in [-0.15, -0.1) is 0 Å². The summed E-state index contributed by atoms with van der Waals surface area (Å²) < 4.78 is 23.1. The Labute approximate surface area is 225 Å². The molecule has 0 bridgehead atoms. The average molecular weight is 533 g/mol. The zero-order valence-corrected chi connectivity index (χ0v) is 23.0. The number of aldehydes is 1. The van der Waals surface area contributed by atoms with E-state index in [1.54, 1.807) is 13.2 Å². The van der Waals surface area contributed by atoms with E-state index >= 15 is 0 Å². The highest BCUT2D eigenvalue weighted by molar-refractivity contribution is 5.85. The minimum absolute atomic E-state index is 0.00854. The normalized spacial score (nSPS) is 52.4. The van der Waals surface area contributed by atoms with Gasteiger partial charge in [0.1, 0.15) is 19.0 Å². The van der Waals surface area contributed by atoms with Gasteiger partial charge in [0, 0.05) is 30.4 Å². The lowest BCUT2D eigenvalue weighted by Crippen LogP contribution is -2.63. The molecule has 2 heterocycles. The van der Waals surface area contributed by atoms with E-state index in [1.807, 2.05) is 6.92 Å². The summed E-state index contributed by atoms with van der Waals surface area (Å²) in [6, 6.07) is 0. The van der Waals surface area contributed by atoms with Crippen LogP contribution in [0.5, 0.6) is 0 Å². The lowest BCUT2D eigenvalue weighted by atomic mass is 9.43. The SMILES string of the molecule is COC1CC(OC2CCC3(C=O)C(CCC4C3CCC3(C)C(C5=CC(=O)OC5)CCC43O)C2)OC(C)C1O. The summed E-state index contributed by atoms with van der Waals surface area (Å²) in [5, 5.41) is 22.7. The molecule has 1 saturated heterocycles. The molecule has 38 heavy (non-hydrogen) atoms. The Hall–Kier alpha value is -1.32. The van der Waals surface area contributed by atoms with Crippen molar-refractivity contribution in [1.82, 2.24) is 0 Å². The van der Waals surface area contributed by atoms with Gasteiger partial charge in [-0.2, -0.15) is 0 Å². The summed E-state index contributed by atoms with van der Waals surface area (Å²) in [5.41, 5.74) is -0.521. The molecule has 2 N–H and O–H groups in total. The van der Waals surface area contributed by atoms with Gasteiger partial charge in [-0.1, -0.05) is 6.92 Å². The molecule has 6 rings (SSSR count). The van der Waals surface area contributed by atoms with Crippen LogP contribution in [-0.4, -0.2) is 72.5 Å². The van der Waals surface area contributed by atoms with Gasteiger partial charge in [-0.25, -0.2) is 4.79 Å². The van der Waals surface area contributed by atoms with Gasteiger partial charge in [0.2, 0.25) is 0 Å². The Balaban J connectivity index is 1.18. The zero-order chi connectivity index (χ0) is 26.9. The third-order valence-electron chi connectivity index (χ3n) is 12.0. The van der Waals surface area contributed by atoms with Crippen molar-refractivity contribution in [2.45, 2.75) is 114 Å². The molecule has 6 aliphatic rings. The molecule has 12 unspecified atom stereocenters.